The molecule has 0 saturated carbocycles. The molecule has 39 N–H and O–H groups in total. The molecule has 764 valence electrons. The molecule has 136 heavy (non-hydrogen) atoms. The Morgan fingerprint density at radius 2 is 0.581 bits per heavy atom. The van der Waals surface area contributed by atoms with Gasteiger partial charge in [-0.15, -0.1) is 0 Å². The van der Waals surface area contributed by atoms with E-state index in [2.05, 4.69) is 95.7 Å². The van der Waals surface area contributed by atoms with Crippen LogP contribution in [-0.4, -0.2) is 311 Å². The molecule has 0 heterocycles. The monoisotopic (exact) mass is 1930 g/mol. The van der Waals surface area contributed by atoms with E-state index in [1.807, 2.05) is 0 Å². The van der Waals surface area contributed by atoms with Crippen molar-refractivity contribution in [1.29, 1.82) is 10.8 Å². The molecule has 0 bridgehead atoms. The number of aliphatic hydroxyl groups is 4. The second-order valence-electron chi connectivity index (χ2n) is 34.2. The molecular formula is C86H146N26O24. The Bertz CT molecular complexity index is 4140. The average molecular weight is 1930 g/mol. The number of amides is 16. The number of aliphatic carboxylic acids is 1. The highest BCUT2D eigenvalue weighted by Gasteiger charge is 2.40. The van der Waals surface area contributed by atoms with Crippen LogP contribution >= 0.6 is 0 Å². The third-order valence-corrected chi connectivity index (χ3v) is 21.0. The Labute approximate surface area is 789 Å². The highest BCUT2D eigenvalue weighted by Crippen LogP contribution is 2.18. The van der Waals surface area contributed by atoms with Gasteiger partial charge >= 0.3 is 5.97 Å². The van der Waals surface area contributed by atoms with Gasteiger partial charge in [0.15, 0.2) is 11.9 Å². The van der Waals surface area contributed by atoms with E-state index in [-0.39, 0.29) is 112 Å². The van der Waals surface area contributed by atoms with Gasteiger partial charge in [0.1, 0.15) is 96.1 Å². The Morgan fingerprint density at radius 1 is 0.309 bits per heavy atom. The van der Waals surface area contributed by atoms with Crippen LogP contribution in [0.2, 0.25) is 0 Å². The molecule has 2 rings (SSSR count). The maximum atomic E-state index is 15.0. The van der Waals surface area contributed by atoms with E-state index in [1.165, 1.54) is 62.4 Å². The quantitative estimate of drug-likeness (QED) is 0.0166. The number of guanidine groups is 2. The minimum absolute atomic E-state index is 0.0414. The van der Waals surface area contributed by atoms with E-state index in [1.54, 1.807) is 41.5 Å². The van der Waals surface area contributed by atoms with E-state index in [0.717, 1.165) is 0 Å². The van der Waals surface area contributed by atoms with Crippen molar-refractivity contribution in [2.75, 3.05) is 72.2 Å². The van der Waals surface area contributed by atoms with Crippen molar-refractivity contribution in [3.05, 3.63) is 59.7 Å². The molecule has 0 unspecified atom stereocenters. The van der Waals surface area contributed by atoms with Crippen LogP contribution in [-0.2, 0) is 94.3 Å². The second-order valence-corrected chi connectivity index (χ2v) is 34.2. The summed E-state index contributed by atoms with van der Waals surface area (Å²) in [5.41, 5.74) is 34.6. The van der Waals surface area contributed by atoms with Crippen molar-refractivity contribution >= 4 is 112 Å². The Balaban J connectivity index is 2.63. The highest BCUT2D eigenvalue weighted by atomic mass is 16.4. The summed E-state index contributed by atoms with van der Waals surface area (Å²) in [6.45, 7) is 7.76. The van der Waals surface area contributed by atoms with Crippen LogP contribution in [0.1, 0.15) is 163 Å². The van der Waals surface area contributed by atoms with Gasteiger partial charge in [0.25, 0.3) is 0 Å². The molecule has 0 aliphatic heterocycles. The first-order chi connectivity index (χ1) is 64.3. The van der Waals surface area contributed by atoms with Gasteiger partial charge < -0.3 is 166 Å². The van der Waals surface area contributed by atoms with Gasteiger partial charge in [-0.3, -0.25) is 87.5 Å². The summed E-state index contributed by atoms with van der Waals surface area (Å²) in [4.78, 5) is 237. The number of phenols is 2. The first-order valence-corrected chi connectivity index (χ1v) is 45.3. The number of carboxylic acids is 1. The van der Waals surface area contributed by atoms with Gasteiger partial charge in [-0.05, 0) is 169 Å². The van der Waals surface area contributed by atoms with Crippen molar-refractivity contribution in [3.8, 4) is 11.5 Å². The topological polar surface area (TPSA) is 852 Å². The van der Waals surface area contributed by atoms with E-state index in [4.69, 9.17) is 45.2 Å². The predicted octanol–water partition coefficient (Wildman–Crippen LogP) is -9.40. The number of carbonyl (C=O) groups is 17. The smallest absolute Gasteiger partial charge is 0.326 e. The SMILES string of the molecule is CC(C)C[C@H](NC(=O)[C@H](CO)NC(=O)[C@H](Cc1ccc(O)cc1)NC(=O)[C@H](CCCNC(=N)N)NC(=O)[C@H](CCCCN)NC(=O)[C@H](CCCNC(=N)N)NC(=O)[C@H](Cc1ccc(O)cc1)NC(=O)[C@H](CO)NC(=O)[C@H](CC(C)C)NC(=O)[C@H](CO)NC(=O)[C@@H](NC(=O)CNC(=O)[C@@H](N)CCCCN)C(C)C)C(=O)N[C@@H](CO)C(=O)N[C@H](C(=O)NCC(=O)N[C@@H](CCCCN)C(=O)O)C(C)C. The molecule has 0 aliphatic rings. The van der Waals surface area contributed by atoms with Crippen molar-refractivity contribution < 1.29 is 117 Å². The average Bonchev–Trinajstić information content (AvgIpc) is 0.849. The zero-order valence-corrected chi connectivity index (χ0v) is 78.4. The maximum absolute atomic E-state index is 15.0. The summed E-state index contributed by atoms with van der Waals surface area (Å²) in [7, 11) is 0. The third kappa shape index (κ3) is 46.5. The fourth-order valence-electron chi connectivity index (χ4n) is 13.4. The number of hydrogen-bond donors (Lipinski definition) is 33. The number of aromatic hydroxyl groups is 2. The van der Waals surface area contributed by atoms with Crippen LogP contribution in [0.3, 0.4) is 0 Å². The number of aliphatic hydroxyl groups excluding tert-OH is 4. The van der Waals surface area contributed by atoms with Crippen LogP contribution in [0.15, 0.2) is 48.5 Å². The fraction of sp³-hybridized carbons (Fsp3) is 0.640. The van der Waals surface area contributed by atoms with Crippen LogP contribution < -0.4 is 130 Å². The van der Waals surface area contributed by atoms with E-state index in [9.17, 15) is 108 Å². The normalized spacial score (nSPS) is 14.5. The molecule has 2 aromatic rings. The highest BCUT2D eigenvalue weighted by molar-refractivity contribution is 6.01. The fourth-order valence-corrected chi connectivity index (χ4v) is 13.4. The first-order valence-electron chi connectivity index (χ1n) is 45.3. The summed E-state index contributed by atoms with van der Waals surface area (Å²) < 4.78 is 0. The van der Waals surface area contributed by atoms with Gasteiger partial charge in [0, 0.05) is 25.9 Å². The molecular weight excluding hydrogens is 1780 g/mol. The Kier molecular flexibility index (Phi) is 56.4. The molecule has 0 saturated heterocycles. The predicted molar refractivity (Wildman–Crippen MR) is 496 cm³/mol. The van der Waals surface area contributed by atoms with Crippen molar-refractivity contribution in [2.45, 2.75) is 255 Å². The number of carbonyl (C=O) groups excluding carboxylic acids is 16. The molecule has 50 heteroatoms. The van der Waals surface area contributed by atoms with E-state index < -0.39 is 273 Å². The van der Waals surface area contributed by atoms with Crippen LogP contribution in [0.4, 0.5) is 0 Å². The summed E-state index contributed by atoms with van der Waals surface area (Å²) in [6.07, 6.45) is 0.728. The summed E-state index contributed by atoms with van der Waals surface area (Å²) in [5, 5.41) is 132. The lowest BCUT2D eigenvalue weighted by Crippen LogP contribution is -2.62. The van der Waals surface area contributed by atoms with Crippen LogP contribution in [0.5, 0.6) is 11.5 Å². The Hall–Kier alpha value is -12.7. The van der Waals surface area contributed by atoms with Crippen molar-refractivity contribution in [2.24, 2.45) is 58.1 Å². The number of benzene rings is 2. The van der Waals surface area contributed by atoms with Gasteiger partial charge in [-0.1, -0.05) is 86.1 Å². The zero-order chi connectivity index (χ0) is 102. The number of rotatable bonds is 67. The molecule has 2 aromatic carbocycles. The van der Waals surface area contributed by atoms with Crippen molar-refractivity contribution in [1.82, 2.24) is 95.7 Å². The number of unbranched alkanes of at least 4 members (excludes halogenated alkanes) is 3. The number of carboxylic acid groups (broad SMARTS) is 1. The lowest BCUT2D eigenvalue weighted by molar-refractivity contribution is -0.142. The van der Waals surface area contributed by atoms with Gasteiger partial charge in [-0.25, -0.2) is 4.79 Å². The summed E-state index contributed by atoms with van der Waals surface area (Å²) in [5.74, 6) is -21.1. The number of nitrogens with one attached hydrogen (secondary N) is 20. The van der Waals surface area contributed by atoms with E-state index in [0.29, 0.717) is 45.2 Å². The molecule has 0 fully saturated rings. The summed E-state index contributed by atoms with van der Waals surface area (Å²) >= 11 is 0. The van der Waals surface area contributed by atoms with Crippen molar-refractivity contribution in [3.63, 3.8) is 0 Å². The standard InChI is InChI=1S/C86H146N26O24/c1-45(2)35-58(104-80(131)64(43-115)110-83(134)69(48(7)8)111-67(120)40-97-70(121)53(90)17-9-12-30-87)74(125)107-63(42-114)79(130)106-60(37-49-22-26-51(117)27-23-49)76(127)102-55(20-15-33-95-85(91)92)72(123)100-54(18-10-13-31-88)71(122)101-56(21-16-34-96-86(93)94)73(124)105-61(38-50-24-28-52(118)29-25-50)77(128)108-62(41-113)78(129)103-59(36-46(3)4)75(126)109-65(44-116)81(132)112-68(47(5)6)82(133)98-39-66(119)99-57(84(135)136)19-11-14-32-89/h22-29,45-48,53-65,68-69,113-118H,9-21,30-44,87-90H2,1-8H3,(H,97,121)(H,98,133)(H,99,119)(H,100,123)(H,101,122)(H,102,127)(H,103,129)(H,104,131)(H,105,124)(H,106,130)(H,107,125)(H,108,128)(H,109,126)(H,110,134)(H,111,120)(H,112,132)(H,135,136)(H4,91,92,95)(H4,93,94,96)/t53-,54-,55-,56-,57-,58-,59-,60-,61-,62-,63-,64-,65-,68-,69-/m0/s1. The molecule has 15 atom stereocenters. The molecule has 0 aliphatic carbocycles. The van der Waals surface area contributed by atoms with Gasteiger partial charge in [-0.2, -0.15) is 0 Å². The minimum Gasteiger partial charge on any atom is -0.508 e. The summed E-state index contributed by atoms with van der Waals surface area (Å²) in [6, 6.07) is -13.3. The lowest BCUT2D eigenvalue weighted by Gasteiger charge is -2.29. The number of phenolic OH excluding ortho intramolecular Hbond substituents is 2. The molecule has 50 nitrogen and oxygen atoms in total. The molecule has 0 aromatic heterocycles. The van der Waals surface area contributed by atoms with Crippen LogP contribution in [0, 0.1) is 34.5 Å². The Morgan fingerprint density at radius 3 is 0.912 bits per heavy atom. The van der Waals surface area contributed by atoms with E-state index >= 15 is 9.59 Å². The largest absolute Gasteiger partial charge is 0.508 e. The van der Waals surface area contributed by atoms with Crippen LogP contribution in [0.25, 0.3) is 0 Å². The maximum Gasteiger partial charge on any atom is 0.326 e. The molecule has 0 spiro atoms. The zero-order valence-electron chi connectivity index (χ0n) is 78.4. The minimum atomic E-state index is -1.93. The number of hydrogen-bond acceptors (Lipinski definition) is 29. The van der Waals surface area contributed by atoms with Gasteiger partial charge in [0.05, 0.1) is 45.6 Å². The molecule has 16 amide bonds. The van der Waals surface area contributed by atoms with Gasteiger partial charge in [0.2, 0.25) is 94.5 Å². The number of nitrogens with two attached hydrogens (primary N) is 6. The third-order valence-electron chi connectivity index (χ3n) is 21.0. The lowest BCUT2D eigenvalue weighted by atomic mass is 10.0. The first kappa shape index (κ1) is 119. The second kappa shape index (κ2) is 64.3. The molecule has 0 radical (unpaired) electrons.